The summed E-state index contributed by atoms with van der Waals surface area (Å²) in [6.45, 7) is 4.48. The molecule has 0 aliphatic heterocycles. The number of nitrogens with zero attached hydrogens (tertiary/aromatic N) is 1. The monoisotopic (exact) mass is 315 g/mol. The van der Waals surface area contributed by atoms with Crippen molar-refractivity contribution in [1.82, 2.24) is 5.32 Å². The van der Waals surface area contributed by atoms with Gasteiger partial charge in [0.05, 0.1) is 5.71 Å². The quantitative estimate of drug-likeness (QED) is 0.478. The van der Waals surface area contributed by atoms with E-state index < -0.39 is 0 Å². The lowest BCUT2D eigenvalue weighted by Gasteiger charge is -2.24. The summed E-state index contributed by atoms with van der Waals surface area (Å²) in [6, 6.07) is 7.98. The first-order valence-electron chi connectivity index (χ1n) is 8.71. The molecule has 0 bridgehead atoms. The van der Waals surface area contributed by atoms with Gasteiger partial charge in [-0.05, 0) is 36.5 Å². The summed E-state index contributed by atoms with van der Waals surface area (Å²) >= 11 is 0. The van der Waals surface area contributed by atoms with E-state index in [1.54, 1.807) is 0 Å². The van der Waals surface area contributed by atoms with Crippen LogP contribution in [0.3, 0.4) is 0 Å². The van der Waals surface area contributed by atoms with Gasteiger partial charge < -0.3 is 11.2 Å². The van der Waals surface area contributed by atoms with E-state index in [9.17, 15) is 4.79 Å². The van der Waals surface area contributed by atoms with Crippen LogP contribution in [0.2, 0.25) is 0 Å². The topological polar surface area (TPSA) is 67.5 Å². The van der Waals surface area contributed by atoms with Gasteiger partial charge in [0.25, 0.3) is 0 Å². The fourth-order valence-corrected chi connectivity index (χ4v) is 3.37. The number of carbonyl (C=O) groups is 1. The fraction of sp³-hybridized carbons (Fsp3) is 0.579. The van der Waals surface area contributed by atoms with Crippen LogP contribution in [0.5, 0.6) is 0 Å². The van der Waals surface area contributed by atoms with E-state index in [4.69, 9.17) is 5.84 Å². The summed E-state index contributed by atoms with van der Waals surface area (Å²) in [5, 5.41) is 6.78. The van der Waals surface area contributed by atoms with Gasteiger partial charge in [0.1, 0.15) is 0 Å². The van der Waals surface area contributed by atoms with E-state index in [0.29, 0.717) is 6.54 Å². The molecule has 1 amide bonds. The average Bonchev–Trinajstić information content (AvgIpc) is 2.60. The molecular formula is C19H29N3O. The highest BCUT2D eigenvalue weighted by molar-refractivity contribution is 5.98. The largest absolute Gasteiger partial charge is 0.352 e. The highest BCUT2D eigenvalue weighted by Gasteiger charge is 2.20. The van der Waals surface area contributed by atoms with E-state index in [0.717, 1.165) is 29.2 Å². The first kappa shape index (κ1) is 17.5. The Hall–Kier alpha value is -1.84. The Labute approximate surface area is 139 Å². The number of hydrogen-bond acceptors (Lipinski definition) is 3. The molecule has 0 spiro atoms. The number of benzene rings is 1. The molecule has 1 aliphatic carbocycles. The average molecular weight is 315 g/mol. The normalized spacial score (nSPS) is 17.7. The van der Waals surface area contributed by atoms with Crippen molar-refractivity contribution in [2.45, 2.75) is 58.9 Å². The second-order valence-electron chi connectivity index (χ2n) is 6.77. The third-order valence-electron chi connectivity index (χ3n) is 4.86. The van der Waals surface area contributed by atoms with Gasteiger partial charge in [0.2, 0.25) is 5.91 Å². The summed E-state index contributed by atoms with van der Waals surface area (Å²) in [6.07, 6.45) is 7.61. The maximum absolute atomic E-state index is 12.3. The van der Waals surface area contributed by atoms with Crippen LogP contribution >= 0.6 is 0 Å². The molecule has 4 nitrogen and oxygen atoms in total. The summed E-state index contributed by atoms with van der Waals surface area (Å²) < 4.78 is 0. The Morgan fingerprint density at radius 3 is 2.78 bits per heavy atom. The van der Waals surface area contributed by atoms with Crippen LogP contribution in [0, 0.1) is 11.8 Å². The molecule has 0 radical (unpaired) electrons. The van der Waals surface area contributed by atoms with Gasteiger partial charge in [-0.3, -0.25) is 4.79 Å². The number of hydrazone groups is 1. The molecule has 1 saturated carbocycles. The molecule has 1 aromatic rings. The zero-order chi connectivity index (χ0) is 16.7. The van der Waals surface area contributed by atoms with Gasteiger partial charge in [0, 0.05) is 12.5 Å². The number of nitrogens with one attached hydrogen (secondary N) is 1. The summed E-state index contributed by atoms with van der Waals surface area (Å²) in [7, 11) is 0. The smallest absolute Gasteiger partial charge is 0.223 e. The van der Waals surface area contributed by atoms with Gasteiger partial charge in [-0.1, -0.05) is 57.2 Å². The van der Waals surface area contributed by atoms with Crippen LogP contribution in [-0.2, 0) is 11.3 Å². The lowest BCUT2D eigenvalue weighted by Crippen LogP contribution is -2.30. The van der Waals surface area contributed by atoms with Crippen molar-refractivity contribution < 1.29 is 4.79 Å². The number of carbonyl (C=O) groups excluding carboxylic acids is 1. The van der Waals surface area contributed by atoms with Crippen molar-refractivity contribution in [3.8, 4) is 0 Å². The molecule has 1 atom stereocenters. The second-order valence-corrected chi connectivity index (χ2v) is 6.77. The maximum Gasteiger partial charge on any atom is 0.223 e. The molecule has 0 saturated heterocycles. The van der Waals surface area contributed by atoms with Crippen LogP contribution < -0.4 is 11.2 Å². The Morgan fingerprint density at radius 1 is 1.35 bits per heavy atom. The molecule has 0 aromatic heterocycles. The molecule has 0 unspecified atom stereocenters. The lowest BCUT2D eigenvalue weighted by molar-refractivity contribution is -0.125. The van der Waals surface area contributed by atoms with Gasteiger partial charge in [-0.15, -0.1) is 0 Å². The lowest BCUT2D eigenvalue weighted by atomic mass is 9.83. The van der Waals surface area contributed by atoms with Crippen molar-refractivity contribution in [2.75, 3.05) is 0 Å². The predicted octanol–water partition coefficient (Wildman–Crippen LogP) is 3.59. The third-order valence-corrected chi connectivity index (χ3v) is 4.86. The first-order valence-corrected chi connectivity index (χ1v) is 8.71. The number of hydrogen-bond donors (Lipinski definition) is 2. The number of nitrogens with two attached hydrogens (primary N) is 1. The van der Waals surface area contributed by atoms with E-state index in [2.05, 4.69) is 10.4 Å². The number of amides is 1. The third kappa shape index (κ3) is 5.38. The molecule has 126 valence electrons. The SMILES string of the molecule is C/C(=N\N)c1cccc(CNC(=O)[C@H](C)CC2CCCCC2)c1. The van der Waals surface area contributed by atoms with Crippen LogP contribution in [0.25, 0.3) is 0 Å². The summed E-state index contributed by atoms with van der Waals surface area (Å²) in [5.41, 5.74) is 2.86. The van der Waals surface area contributed by atoms with Gasteiger partial charge in [-0.2, -0.15) is 5.10 Å². The minimum absolute atomic E-state index is 0.0913. The highest BCUT2D eigenvalue weighted by Crippen LogP contribution is 2.29. The van der Waals surface area contributed by atoms with Gasteiger partial charge in [0.15, 0.2) is 0 Å². The van der Waals surface area contributed by atoms with Gasteiger partial charge in [-0.25, -0.2) is 0 Å². The Morgan fingerprint density at radius 2 is 2.09 bits per heavy atom. The van der Waals surface area contributed by atoms with E-state index in [-0.39, 0.29) is 11.8 Å². The van der Waals surface area contributed by atoms with Crippen LogP contribution in [0.15, 0.2) is 29.4 Å². The summed E-state index contributed by atoms with van der Waals surface area (Å²) in [5.74, 6) is 6.30. The Kier molecular flexibility index (Phi) is 6.63. The Bertz CT molecular complexity index is 547. The van der Waals surface area contributed by atoms with Crippen molar-refractivity contribution in [3.63, 3.8) is 0 Å². The van der Waals surface area contributed by atoms with E-state index in [1.165, 1.54) is 32.1 Å². The second kappa shape index (κ2) is 8.70. The van der Waals surface area contributed by atoms with Crippen LogP contribution in [0.4, 0.5) is 0 Å². The minimum atomic E-state index is 0.0913. The molecule has 0 heterocycles. The standard InChI is InChI=1S/C19H29N3O/c1-14(11-16-7-4-3-5-8-16)19(23)21-13-17-9-6-10-18(12-17)15(2)22-20/h6,9-10,12,14,16H,3-5,7-8,11,13,20H2,1-2H3,(H,21,23)/b22-15+/t14-/m1/s1. The van der Waals surface area contributed by atoms with E-state index in [1.807, 2.05) is 38.1 Å². The molecule has 4 heteroatoms. The maximum atomic E-state index is 12.3. The zero-order valence-electron chi connectivity index (χ0n) is 14.3. The zero-order valence-corrected chi connectivity index (χ0v) is 14.3. The highest BCUT2D eigenvalue weighted by atomic mass is 16.1. The van der Waals surface area contributed by atoms with Gasteiger partial charge >= 0.3 is 0 Å². The van der Waals surface area contributed by atoms with Crippen molar-refractivity contribution in [1.29, 1.82) is 0 Å². The van der Waals surface area contributed by atoms with Crippen molar-refractivity contribution >= 4 is 11.6 Å². The minimum Gasteiger partial charge on any atom is -0.352 e. The van der Waals surface area contributed by atoms with Crippen LogP contribution in [0.1, 0.15) is 63.5 Å². The molecule has 1 aromatic carbocycles. The molecule has 3 N–H and O–H groups in total. The summed E-state index contributed by atoms with van der Waals surface area (Å²) in [4.78, 5) is 12.3. The first-order chi connectivity index (χ1) is 11.1. The Balaban J connectivity index is 1.83. The molecule has 2 rings (SSSR count). The predicted molar refractivity (Wildman–Crippen MR) is 95.0 cm³/mol. The molecule has 23 heavy (non-hydrogen) atoms. The van der Waals surface area contributed by atoms with Crippen molar-refractivity contribution in [3.05, 3.63) is 35.4 Å². The van der Waals surface area contributed by atoms with Crippen molar-refractivity contribution in [2.24, 2.45) is 22.8 Å². The fourth-order valence-electron chi connectivity index (χ4n) is 3.37. The molecular weight excluding hydrogens is 286 g/mol. The molecule has 1 fully saturated rings. The van der Waals surface area contributed by atoms with E-state index >= 15 is 0 Å². The molecule has 1 aliphatic rings. The van der Waals surface area contributed by atoms with Crippen LogP contribution in [-0.4, -0.2) is 11.6 Å². The number of rotatable bonds is 6.